The Balaban J connectivity index is 1.65. The van der Waals surface area contributed by atoms with Gasteiger partial charge in [-0.05, 0) is 71.9 Å². The van der Waals surface area contributed by atoms with Crippen LogP contribution in [0.4, 0.5) is 0 Å². The van der Waals surface area contributed by atoms with Crippen molar-refractivity contribution in [2.24, 2.45) is 5.92 Å². The van der Waals surface area contributed by atoms with E-state index in [0.717, 1.165) is 34.1 Å². The summed E-state index contributed by atoms with van der Waals surface area (Å²) in [5, 5.41) is 9.18. The van der Waals surface area contributed by atoms with Gasteiger partial charge in [-0.3, -0.25) is 0 Å². The summed E-state index contributed by atoms with van der Waals surface area (Å²) in [7, 11) is 1.67. The minimum absolute atomic E-state index is 0.0123. The zero-order chi connectivity index (χ0) is 24.9. The fourth-order valence-corrected chi connectivity index (χ4v) is 4.96. The topological polar surface area (TPSA) is 47.9 Å². The van der Waals surface area contributed by atoms with Gasteiger partial charge >= 0.3 is 0 Å². The lowest BCUT2D eigenvalue weighted by Gasteiger charge is -2.29. The average Bonchev–Trinajstić information content (AvgIpc) is 2.89. The van der Waals surface area contributed by atoms with E-state index in [1.807, 2.05) is 6.07 Å². The summed E-state index contributed by atoms with van der Waals surface area (Å²) in [4.78, 5) is 0. The Morgan fingerprint density at radius 2 is 1.57 bits per heavy atom. The highest BCUT2D eigenvalue weighted by Gasteiger charge is 2.22. The van der Waals surface area contributed by atoms with E-state index in [4.69, 9.17) is 14.2 Å². The molecule has 4 heteroatoms. The smallest absolute Gasteiger partial charge is 0.123 e. The van der Waals surface area contributed by atoms with Gasteiger partial charge in [0.05, 0.1) is 19.8 Å². The number of hydrogen-bond donors (Lipinski definition) is 1. The molecule has 0 unspecified atom stereocenters. The van der Waals surface area contributed by atoms with Gasteiger partial charge in [-0.25, -0.2) is 0 Å². The van der Waals surface area contributed by atoms with Crippen molar-refractivity contribution in [2.75, 3.05) is 33.5 Å². The van der Waals surface area contributed by atoms with Crippen LogP contribution in [0.25, 0.3) is 11.1 Å². The van der Waals surface area contributed by atoms with E-state index in [1.54, 1.807) is 7.11 Å². The van der Waals surface area contributed by atoms with Gasteiger partial charge in [0.2, 0.25) is 0 Å². The van der Waals surface area contributed by atoms with Crippen LogP contribution in [-0.2, 0) is 4.74 Å². The highest BCUT2D eigenvalue weighted by Crippen LogP contribution is 2.38. The van der Waals surface area contributed by atoms with E-state index in [0.29, 0.717) is 32.2 Å². The predicted octanol–water partition coefficient (Wildman–Crippen LogP) is 7.55. The second-order valence-electron chi connectivity index (χ2n) is 9.88. The first-order valence-electron chi connectivity index (χ1n) is 13.4. The largest absolute Gasteiger partial charge is 0.493 e. The molecule has 192 valence electrons. The van der Waals surface area contributed by atoms with Gasteiger partial charge in [-0.1, -0.05) is 63.5 Å². The molecule has 35 heavy (non-hydrogen) atoms. The molecule has 0 bridgehead atoms. The van der Waals surface area contributed by atoms with Gasteiger partial charge in [0.25, 0.3) is 0 Å². The Morgan fingerprint density at radius 3 is 2.20 bits per heavy atom. The van der Waals surface area contributed by atoms with E-state index < -0.39 is 0 Å². The molecule has 1 N–H and O–H groups in total. The lowest BCUT2D eigenvalue weighted by molar-refractivity contribution is 0.146. The Bertz CT molecular complexity index is 881. The van der Waals surface area contributed by atoms with E-state index >= 15 is 0 Å². The monoisotopic (exact) mass is 480 g/mol. The summed E-state index contributed by atoms with van der Waals surface area (Å²) in [6.45, 7) is 7.60. The summed E-state index contributed by atoms with van der Waals surface area (Å²) < 4.78 is 17.0. The number of benzene rings is 2. The molecule has 0 aromatic heterocycles. The van der Waals surface area contributed by atoms with Crippen LogP contribution in [0.1, 0.15) is 76.2 Å². The molecular formula is C31H44O4. The van der Waals surface area contributed by atoms with E-state index in [2.05, 4.69) is 49.9 Å². The number of methoxy groups -OCH3 is 1. The number of unbranched alkanes of at least 4 members (excludes halogenated alkanes) is 2. The van der Waals surface area contributed by atoms with Crippen LogP contribution in [0.5, 0.6) is 11.5 Å². The lowest BCUT2D eigenvalue weighted by atomic mass is 9.77. The maximum atomic E-state index is 9.18. The number of ether oxygens (including phenoxy) is 3. The Labute approximate surface area is 212 Å². The molecule has 2 aromatic rings. The molecule has 0 atom stereocenters. The molecule has 1 fully saturated rings. The molecule has 0 spiro atoms. The van der Waals surface area contributed by atoms with Gasteiger partial charge in [0, 0.05) is 19.6 Å². The molecule has 3 rings (SSSR count). The first-order valence-corrected chi connectivity index (χ1v) is 13.4. The number of aliphatic hydroxyl groups is 1. The van der Waals surface area contributed by atoms with Gasteiger partial charge in [0.15, 0.2) is 0 Å². The highest BCUT2D eigenvalue weighted by molar-refractivity contribution is 5.67. The van der Waals surface area contributed by atoms with Crippen molar-refractivity contribution in [1.29, 1.82) is 0 Å². The van der Waals surface area contributed by atoms with Crippen LogP contribution in [-0.4, -0.2) is 38.6 Å². The first-order chi connectivity index (χ1) is 17.1. The summed E-state index contributed by atoms with van der Waals surface area (Å²) in [6.07, 6.45) is 11.5. The SMILES string of the molecule is C=C(CO)CCOc1cc(OCCOC)cc(-c2ccc(C3CCC(CCCCC)CC3)cc2)c1. The molecule has 0 amide bonds. The van der Waals surface area contributed by atoms with Crippen LogP contribution in [0.2, 0.25) is 0 Å². The quantitative estimate of drug-likeness (QED) is 0.211. The van der Waals surface area contributed by atoms with E-state index in [-0.39, 0.29) is 6.61 Å². The van der Waals surface area contributed by atoms with Crippen LogP contribution < -0.4 is 9.47 Å². The van der Waals surface area contributed by atoms with E-state index in [1.165, 1.54) is 56.9 Å². The molecule has 0 radical (unpaired) electrons. The molecule has 0 heterocycles. The summed E-state index contributed by atoms with van der Waals surface area (Å²) in [5.74, 6) is 3.15. The second kappa shape index (κ2) is 15.0. The summed E-state index contributed by atoms with van der Waals surface area (Å²) in [5.41, 5.74) is 4.46. The Kier molecular flexibility index (Phi) is 11.7. The molecule has 0 saturated heterocycles. The van der Waals surface area contributed by atoms with Gasteiger partial charge in [-0.15, -0.1) is 0 Å². The molecule has 2 aromatic carbocycles. The number of aliphatic hydroxyl groups excluding tert-OH is 1. The molecule has 1 aliphatic carbocycles. The Morgan fingerprint density at radius 1 is 0.886 bits per heavy atom. The maximum absolute atomic E-state index is 9.18. The summed E-state index contributed by atoms with van der Waals surface area (Å²) >= 11 is 0. The third-order valence-electron chi connectivity index (χ3n) is 7.16. The van der Waals surface area contributed by atoms with Crippen LogP contribution in [0, 0.1) is 5.92 Å². The normalized spacial score (nSPS) is 17.8. The zero-order valence-corrected chi connectivity index (χ0v) is 21.8. The van der Waals surface area contributed by atoms with Crippen LogP contribution >= 0.6 is 0 Å². The molecular weight excluding hydrogens is 436 g/mol. The average molecular weight is 481 g/mol. The standard InChI is InChI=1S/C31H44O4/c1-4-5-6-7-25-8-10-26(11-9-25)27-12-14-28(15-13-27)29-20-30(34-17-16-24(2)23-32)22-31(21-29)35-19-18-33-3/h12-15,20-22,25-26,32H,2,4-11,16-19,23H2,1,3H3. The third kappa shape index (κ3) is 9.01. The molecule has 0 aliphatic heterocycles. The minimum Gasteiger partial charge on any atom is -0.493 e. The Hall–Kier alpha value is -2.30. The molecule has 1 saturated carbocycles. The molecule has 1 aliphatic rings. The van der Waals surface area contributed by atoms with Crippen molar-refractivity contribution in [2.45, 2.75) is 70.6 Å². The maximum Gasteiger partial charge on any atom is 0.123 e. The van der Waals surface area contributed by atoms with Crippen molar-refractivity contribution in [3.05, 3.63) is 60.2 Å². The van der Waals surface area contributed by atoms with Crippen molar-refractivity contribution in [3.8, 4) is 22.6 Å². The highest BCUT2D eigenvalue weighted by atomic mass is 16.5. The van der Waals surface area contributed by atoms with Gasteiger partial charge < -0.3 is 19.3 Å². The summed E-state index contributed by atoms with van der Waals surface area (Å²) in [6, 6.07) is 15.1. The van der Waals surface area contributed by atoms with Crippen molar-refractivity contribution >= 4 is 0 Å². The van der Waals surface area contributed by atoms with Gasteiger partial charge in [-0.2, -0.15) is 0 Å². The fraction of sp³-hybridized carbons (Fsp3) is 0.548. The third-order valence-corrected chi connectivity index (χ3v) is 7.16. The number of rotatable bonds is 15. The fourth-order valence-electron chi connectivity index (χ4n) is 4.96. The molecule has 4 nitrogen and oxygen atoms in total. The second-order valence-corrected chi connectivity index (χ2v) is 9.88. The van der Waals surface area contributed by atoms with Crippen molar-refractivity contribution in [3.63, 3.8) is 0 Å². The predicted molar refractivity (Wildman–Crippen MR) is 144 cm³/mol. The van der Waals surface area contributed by atoms with E-state index in [9.17, 15) is 5.11 Å². The zero-order valence-electron chi connectivity index (χ0n) is 21.8. The van der Waals surface area contributed by atoms with Crippen LogP contribution in [0.15, 0.2) is 54.6 Å². The minimum atomic E-state index is -0.0123. The lowest BCUT2D eigenvalue weighted by Crippen LogP contribution is -2.13. The van der Waals surface area contributed by atoms with Gasteiger partial charge in [0.1, 0.15) is 18.1 Å². The first kappa shape index (κ1) is 27.3. The van der Waals surface area contributed by atoms with Crippen molar-refractivity contribution in [1.82, 2.24) is 0 Å². The van der Waals surface area contributed by atoms with Crippen molar-refractivity contribution < 1.29 is 19.3 Å². The number of hydrogen-bond acceptors (Lipinski definition) is 4. The van der Waals surface area contributed by atoms with Crippen LogP contribution in [0.3, 0.4) is 0 Å².